The zero-order chi connectivity index (χ0) is 64.9. The summed E-state index contributed by atoms with van der Waals surface area (Å²) in [6.45, 7) is 13.2. The molecule has 9 amide bonds. The van der Waals surface area contributed by atoms with E-state index in [-0.39, 0.29) is 87.5 Å². The molecule has 0 saturated carbocycles. The fourth-order valence-electron chi connectivity index (χ4n) is 10.1. The number of aliphatic hydroxyl groups is 1. The van der Waals surface area contributed by atoms with Gasteiger partial charge in [-0.05, 0) is 133 Å². The second-order valence-corrected chi connectivity index (χ2v) is 23.3. The largest absolute Gasteiger partial charge is 0.508 e. The molecule has 488 valence electrons. The highest BCUT2D eigenvalue weighted by atomic mass is 16.3. The highest BCUT2D eigenvalue weighted by Gasteiger charge is 2.41. The molecule has 87 heavy (non-hydrogen) atoms. The van der Waals surface area contributed by atoms with Crippen molar-refractivity contribution >= 4 is 71.4 Å². The molecule has 29 nitrogen and oxygen atoms in total. The average Bonchev–Trinajstić information content (AvgIpc) is 4.21. The van der Waals surface area contributed by atoms with Crippen LogP contribution in [0.15, 0.2) is 34.3 Å². The van der Waals surface area contributed by atoms with Crippen molar-refractivity contribution in [2.45, 2.75) is 205 Å². The molecular formula is C58H99N17O12. The quantitative estimate of drug-likeness (QED) is 0.0137. The summed E-state index contributed by atoms with van der Waals surface area (Å²) in [6, 6.07) is -5.97. The number of likely N-dealkylation sites (tertiary alicyclic amines) is 1. The minimum Gasteiger partial charge on any atom is -0.508 e. The third-order valence-electron chi connectivity index (χ3n) is 15.3. The van der Waals surface area contributed by atoms with Crippen LogP contribution in [0, 0.1) is 17.8 Å². The number of phenolic OH excluding ortho intramolecular Hbond substituents is 1. The Balaban J connectivity index is 1.97. The van der Waals surface area contributed by atoms with Gasteiger partial charge in [-0.2, -0.15) is 0 Å². The molecular weight excluding hydrogens is 1130 g/mol. The second kappa shape index (κ2) is 37.8. The lowest BCUT2D eigenvalue weighted by atomic mass is 9.96. The van der Waals surface area contributed by atoms with Crippen LogP contribution in [0.1, 0.15) is 138 Å². The lowest BCUT2D eigenvalue weighted by Crippen LogP contribution is -2.62. The number of aromatic hydroxyl groups is 1. The van der Waals surface area contributed by atoms with Gasteiger partial charge in [-0.25, -0.2) is 0 Å². The van der Waals surface area contributed by atoms with Crippen LogP contribution in [-0.4, -0.2) is 186 Å². The number of aliphatic imine (C=N–C) groups is 2. The van der Waals surface area contributed by atoms with Gasteiger partial charge >= 0.3 is 0 Å². The summed E-state index contributed by atoms with van der Waals surface area (Å²) in [5, 5.41) is 45.5. The number of amides is 9. The van der Waals surface area contributed by atoms with Crippen LogP contribution in [0.25, 0.3) is 0 Å². The van der Waals surface area contributed by atoms with E-state index in [9.17, 15) is 58.2 Å². The van der Waals surface area contributed by atoms with E-state index >= 15 is 0 Å². The molecule has 0 spiro atoms. The van der Waals surface area contributed by atoms with E-state index in [1.165, 1.54) is 31.2 Å². The van der Waals surface area contributed by atoms with E-state index in [2.05, 4.69) is 57.8 Å². The number of hydrogen-bond donors (Lipinski definition) is 16. The zero-order valence-corrected chi connectivity index (χ0v) is 51.6. The number of nitrogens with two attached hydrogens (primary N) is 5. The van der Waals surface area contributed by atoms with Crippen molar-refractivity contribution in [3.05, 3.63) is 29.8 Å². The second-order valence-electron chi connectivity index (χ2n) is 23.3. The first-order valence-corrected chi connectivity index (χ1v) is 30.4. The van der Waals surface area contributed by atoms with Crippen LogP contribution in [0.5, 0.6) is 5.75 Å². The number of nitrogens with one attached hydrogen (secondary N) is 9. The topological polar surface area (TPSA) is 477 Å². The van der Waals surface area contributed by atoms with E-state index in [1.54, 1.807) is 39.5 Å². The third-order valence-corrected chi connectivity index (χ3v) is 15.3. The molecule has 2 fully saturated rings. The van der Waals surface area contributed by atoms with Crippen LogP contribution in [0.2, 0.25) is 0 Å². The fraction of sp³-hybridized carbons (Fsp3) is 0.690. The lowest BCUT2D eigenvalue weighted by Gasteiger charge is -2.31. The summed E-state index contributed by atoms with van der Waals surface area (Å²) >= 11 is 0. The predicted octanol–water partition coefficient (Wildman–Crippen LogP) is -2.88. The molecule has 2 aliphatic rings. The predicted molar refractivity (Wildman–Crippen MR) is 327 cm³/mol. The Bertz CT molecular complexity index is 2480. The first kappa shape index (κ1) is 73.6. The summed E-state index contributed by atoms with van der Waals surface area (Å²) < 4.78 is 0. The van der Waals surface area contributed by atoms with Crippen LogP contribution in [-0.2, 0) is 54.4 Å². The summed E-state index contributed by atoms with van der Waals surface area (Å²) in [6.07, 6.45) is 3.37. The van der Waals surface area contributed by atoms with Crippen molar-refractivity contribution in [2.24, 2.45) is 56.4 Å². The number of guanidine groups is 2. The number of unbranched alkanes of at least 4 members (excludes halogenated alkanes) is 1. The van der Waals surface area contributed by atoms with Gasteiger partial charge in [0.15, 0.2) is 11.9 Å². The van der Waals surface area contributed by atoms with Crippen molar-refractivity contribution in [2.75, 3.05) is 32.7 Å². The third kappa shape index (κ3) is 25.3. The molecule has 2 saturated heterocycles. The van der Waals surface area contributed by atoms with Crippen molar-refractivity contribution in [3.63, 3.8) is 0 Å². The molecule has 21 N–H and O–H groups in total. The Labute approximate surface area is 510 Å². The molecule has 12 atom stereocenters. The minimum absolute atomic E-state index is 0.0136. The van der Waals surface area contributed by atoms with Crippen LogP contribution >= 0.6 is 0 Å². The molecule has 0 aliphatic carbocycles. The van der Waals surface area contributed by atoms with Crippen molar-refractivity contribution in [1.29, 1.82) is 0 Å². The number of rotatable bonds is 38. The Hall–Kier alpha value is -7.66. The van der Waals surface area contributed by atoms with Crippen molar-refractivity contribution < 1.29 is 58.2 Å². The van der Waals surface area contributed by atoms with Gasteiger partial charge < -0.3 is 96.4 Å². The number of carbonyl (C=O) groups excluding carboxylic acids is 10. The minimum atomic E-state index is -1.53. The fourth-order valence-corrected chi connectivity index (χ4v) is 10.1. The molecule has 0 bridgehead atoms. The number of aliphatic hydroxyl groups excluding tert-OH is 1. The number of benzene rings is 1. The van der Waals surface area contributed by atoms with E-state index in [4.69, 9.17) is 28.7 Å². The summed E-state index contributed by atoms with van der Waals surface area (Å²) in [7, 11) is 0. The number of phenols is 1. The molecule has 3 rings (SSSR count). The van der Waals surface area contributed by atoms with Crippen LogP contribution in [0.4, 0.5) is 0 Å². The molecule has 2 heterocycles. The van der Waals surface area contributed by atoms with Gasteiger partial charge in [0.2, 0.25) is 53.2 Å². The lowest BCUT2D eigenvalue weighted by molar-refractivity contribution is -0.141. The van der Waals surface area contributed by atoms with Gasteiger partial charge in [-0.15, -0.1) is 0 Å². The summed E-state index contributed by atoms with van der Waals surface area (Å²) in [5.41, 5.74) is 28.4. The molecule has 0 aromatic heterocycles. The monoisotopic (exact) mass is 1230 g/mol. The normalized spacial score (nSPS) is 18.2. The van der Waals surface area contributed by atoms with Gasteiger partial charge in [0, 0.05) is 26.1 Å². The molecule has 29 heteroatoms. The molecule has 1 aromatic rings. The van der Waals surface area contributed by atoms with E-state index in [0.717, 1.165) is 6.42 Å². The SMILES string of the molecule is CC[C@H](C)[C@H](NC(=O)[C@@H]1CCCN1C(=O)[C@@H]1CCCN1)C(=O)N[C@@H](CCCN=C(N)N)C(=O)N[C@@H](CCCN=C(N)N)C(=O)N[C@@H](Cc1ccc(O)cc1)C(=O)N[C@H](C(=O)N[C@@H](CC(C)C)C(=O)N[C@H](C(=O)N[C@H](C=O)CCCCN)[C@@H](C)O)C(C)C. The smallest absolute Gasteiger partial charge is 0.245 e. The van der Waals surface area contributed by atoms with Gasteiger partial charge in [0.25, 0.3) is 0 Å². The zero-order valence-electron chi connectivity index (χ0n) is 51.6. The number of hydrogen-bond acceptors (Lipinski definition) is 16. The van der Waals surface area contributed by atoms with Crippen molar-refractivity contribution in [1.82, 2.24) is 52.8 Å². The van der Waals surface area contributed by atoms with Gasteiger partial charge in [0.05, 0.1) is 18.2 Å². The first-order valence-electron chi connectivity index (χ1n) is 30.4. The number of nitrogens with zero attached hydrogens (tertiary/aromatic N) is 3. The summed E-state index contributed by atoms with van der Waals surface area (Å²) in [4.78, 5) is 149. The molecule has 1 aromatic carbocycles. The highest BCUT2D eigenvalue weighted by Crippen LogP contribution is 2.22. The number of carbonyl (C=O) groups is 10. The maximum Gasteiger partial charge on any atom is 0.245 e. The van der Waals surface area contributed by atoms with E-state index in [1.807, 2.05) is 6.92 Å². The Kier molecular flexibility index (Phi) is 32.0. The van der Waals surface area contributed by atoms with E-state index in [0.29, 0.717) is 70.0 Å². The average molecular weight is 1230 g/mol. The highest BCUT2D eigenvalue weighted by molar-refractivity contribution is 5.99. The number of aldehydes is 1. The maximum atomic E-state index is 14.7. The van der Waals surface area contributed by atoms with E-state index < -0.39 is 126 Å². The maximum absolute atomic E-state index is 14.7. The Morgan fingerprint density at radius 2 is 1.17 bits per heavy atom. The van der Waals surface area contributed by atoms with Gasteiger partial charge in [-0.1, -0.05) is 60.1 Å². The van der Waals surface area contributed by atoms with Gasteiger partial charge in [-0.3, -0.25) is 53.1 Å². The van der Waals surface area contributed by atoms with Crippen LogP contribution in [0.3, 0.4) is 0 Å². The molecule has 2 aliphatic heterocycles. The van der Waals surface area contributed by atoms with Gasteiger partial charge in [0.1, 0.15) is 60.4 Å². The summed E-state index contributed by atoms with van der Waals surface area (Å²) in [5.74, 6) is -8.30. The van der Waals surface area contributed by atoms with Crippen molar-refractivity contribution in [3.8, 4) is 5.75 Å². The Morgan fingerprint density at radius 1 is 0.644 bits per heavy atom. The first-order chi connectivity index (χ1) is 41.2. The molecule has 0 unspecified atom stereocenters. The molecule has 0 radical (unpaired) electrons. The standard InChI is InChI=1S/C58H99N17O12/c1-8-34(6)46(73-52(83)44-19-14-28-75(44)56(87)41-18-13-25-64-41)54(85)69-40(17-12-27-66-58(62)63)48(79)68-39(16-11-26-65-57(60)61)49(80)70-43(30-36-20-22-38(78)23-21-36)51(82)72-45(33(4)5)53(84)71-42(29-32(2)3)50(81)74-47(35(7)77)55(86)67-37(31-76)15-9-10-24-59/h20-23,31-35,37,39-47,64,77-78H,8-19,24-30,59H2,1-7H3,(H,67,86)(H,68,79)(H,69,85)(H,70,80)(H,71,84)(H,72,82)(H,73,83)(H,74,81)(H4,60,61,65)(H4,62,63,66)/t34-,35+,37-,39-,40-,41-,42-,43-,44-,45-,46-,47-/m0/s1. The Morgan fingerprint density at radius 3 is 1.69 bits per heavy atom. The van der Waals surface area contributed by atoms with Crippen LogP contribution < -0.4 is 76.5 Å².